The number of alkyl carbamates (subject to hydrolysis) is 3. The summed E-state index contributed by atoms with van der Waals surface area (Å²) >= 11 is 9.77. The summed E-state index contributed by atoms with van der Waals surface area (Å²) < 4.78 is 60.8. The Morgan fingerprint density at radius 3 is 1.45 bits per heavy atom. The second kappa shape index (κ2) is 29.3. The van der Waals surface area contributed by atoms with Crippen LogP contribution in [0.2, 0.25) is 0 Å². The molecule has 23 heteroatoms. The number of hydrogen-bond donors (Lipinski definition) is 7. The second-order valence-corrected chi connectivity index (χ2v) is 23.9. The number of anilines is 3. The predicted molar refractivity (Wildman–Crippen MR) is 300 cm³/mol. The molecule has 0 bridgehead atoms. The van der Waals surface area contributed by atoms with E-state index in [9.17, 15) is 37.1 Å². The molecule has 1 aromatic heterocycles. The van der Waals surface area contributed by atoms with Gasteiger partial charge in [0, 0.05) is 49.2 Å². The smallest absolute Gasteiger partial charge is 0.408 e. The van der Waals surface area contributed by atoms with Crippen LogP contribution in [0.1, 0.15) is 148 Å². The molecule has 8 N–H and O–H groups in total. The first-order chi connectivity index (χ1) is 34.1. The summed E-state index contributed by atoms with van der Waals surface area (Å²) in [5.74, 6) is -2.09. The van der Waals surface area contributed by atoms with E-state index in [4.69, 9.17) is 25.1 Å². The maximum absolute atomic E-state index is 14.3. The number of carbonyl (C=O) groups is 5. The monoisotopic (exact) mass is 1250 g/mol. The second-order valence-electron chi connectivity index (χ2n) is 21.1. The van der Waals surface area contributed by atoms with Crippen molar-refractivity contribution < 1.29 is 56.5 Å². The van der Waals surface area contributed by atoms with Gasteiger partial charge in [0.25, 0.3) is 0 Å². The predicted octanol–water partition coefficient (Wildman–Crippen LogP) is 13.5. The summed E-state index contributed by atoms with van der Waals surface area (Å²) in [6.45, 7) is 32.2. The van der Waals surface area contributed by atoms with Gasteiger partial charge in [0.2, 0.25) is 0 Å². The summed E-state index contributed by atoms with van der Waals surface area (Å²) in [6, 6.07) is 7.60. The number of carboxylic acid groups (broad SMARTS) is 1. The van der Waals surface area contributed by atoms with E-state index in [0.29, 0.717) is 41.7 Å². The number of aromatic nitrogens is 2. The van der Waals surface area contributed by atoms with Crippen LogP contribution in [-0.2, 0) is 30.2 Å². The average molecular weight is 1250 g/mol. The van der Waals surface area contributed by atoms with Crippen molar-refractivity contribution in [1.29, 1.82) is 0 Å². The lowest BCUT2D eigenvalue weighted by Crippen LogP contribution is -2.42. The van der Waals surface area contributed by atoms with E-state index in [1.807, 2.05) is 52.2 Å². The van der Waals surface area contributed by atoms with Gasteiger partial charge in [-0.15, -0.1) is 0 Å². The number of imidazole rings is 1. The molecule has 3 unspecified atom stereocenters. The van der Waals surface area contributed by atoms with Gasteiger partial charge in [0.05, 0.1) is 29.0 Å². The van der Waals surface area contributed by atoms with Gasteiger partial charge in [-0.05, 0) is 161 Å². The highest BCUT2D eigenvalue weighted by Crippen LogP contribution is 2.31. The molecule has 17 nitrogen and oxygen atoms in total. The Labute approximate surface area is 464 Å². The number of rotatable bonds is 13. The number of ketones is 1. The summed E-state index contributed by atoms with van der Waals surface area (Å²) in [5.41, 5.74) is 6.29. The van der Waals surface area contributed by atoms with Crippen molar-refractivity contribution in [3.8, 4) is 0 Å². The molecule has 4 aromatic rings. The first kappa shape index (κ1) is 67.7. The molecule has 3 aromatic carbocycles. The third-order valence-corrected chi connectivity index (χ3v) is 10.6. The van der Waals surface area contributed by atoms with Gasteiger partial charge in [-0.2, -0.15) is 0 Å². The van der Waals surface area contributed by atoms with Gasteiger partial charge in [-0.3, -0.25) is 9.59 Å². The lowest BCUT2D eigenvalue weighted by molar-refractivity contribution is -0.139. The zero-order chi connectivity index (χ0) is 58.2. The number of nitrogen functional groups attached to an aromatic ring is 1. The van der Waals surface area contributed by atoms with Crippen LogP contribution in [0.25, 0.3) is 11.0 Å². The maximum Gasteiger partial charge on any atom is 0.408 e. The van der Waals surface area contributed by atoms with Crippen molar-refractivity contribution in [1.82, 2.24) is 25.5 Å². The van der Waals surface area contributed by atoms with Gasteiger partial charge in [-0.1, -0.05) is 47.8 Å². The Bertz CT molecular complexity index is 2600. The molecule has 0 aliphatic rings. The third kappa shape index (κ3) is 25.4. The number of nitrogens with two attached hydrogens (primary N) is 1. The highest BCUT2D eigenvalue weighted by atomic mass is 79.9. The standard InChI is InChI=1S/C18H26BrFN2O3.C17H23BrFN3O2.C9H12BrFN2.C8H15NO4/c1-10(2)21-15-8-12(19)7-14(20)13(15)9-16(23)11(3)22-17(24)25-18(4,5)6;1-9(2)22-13-8-11(18)7-12(19)14(13)21-15(22)10(3)20-16(23)24-17(4,5)6;1-5(2)13-8-4-6(10)3-7(11)9(8)12;1-5(6(10)11)9-7(12)13-8(2,3)4/h7-8,10-11,21H,9H2,1-6H3,(H,22,24);7-10H,1-6H3,(H,20,23);3-5,13H,12H2,1-2H3;5H,1-4H3,(H,9,12)(H,10,11). The van der Waals surface area contributed by atoms with Crippen LogP contribution in [0, 0.1) is 17.5 Å². The number of hydrogen-bond acceptors (Lipinski definition) is 12. The number of carbonyl (C=O) groups excluding carboxylic acids is 4. The molecule has 3 atom stereocenters. The first-order valence-electron chi connectivity index (χ1n) is 24.0. The van der Waals surface area contributed by atoms with Gasteiger partial charge in [0.15, 0.2) is 11.6 Å². The third-order valence-electron chi connectivity index (χ3n) is 9.19. The lowest BCUT2D eigenvalue weighted by Gasteiger charge is -2.23. The van der Waals surface area contributed by atoms with Crippen molar-refractivity contribution in [2.75, 3.05) is 16.4 Å². The number of nitrogens with one attached hydrogen (secondary N) is 5. The van der Waals surface area contributed by atoms with Crippen LogP contribution in [-0.4, -0.2) is 85.7 Å². The number of aliphatic carboxylic acids is 1. The summed E-state index contributed by atoms with van der Waals surface area (Å²) in [6.07, 6.45) is -2.06. The quantitative estimate of drug-likeness (QED) is 0.0488. The van der Waals surface area contributed by atoms with Gasteiger partial charge in [0.1, 0.15) is 45.8 Å². The number of benzene rings is 3. The van der Waals surface area contributed by atoms with Crippen LogP contribution in [0.3, 0.4) is 0 Å². The highest BCUT2D eigenvalue weighted by molar-refractivity contribution is 9.11. The van der Waals surface area contributed by atoms with Crippen LogP contribution in [0.4, 0.5) is 44.6 Å². The van der Waals surface area contributed by atoms with Crippen molar-refractivity contribution in [3.63, 3.8) is 0 Å². The van der Waals surface area contributed by atoms with E-state index in [1.54, 1.807) is 88.3 Å². The minimum Gasteiger partial charge on any atom is -0.480 e. The van der Waals surface area contributed by atoms with E-state index in [1.165, 1.54) is 25.1 Å². The molecule has 420 valence electrons. The van der Waals surface area contributed by atoms with Crippen LogP contribution >= 0.6 is 47.8 Å². The van der Waals surface area contributed by atoms with Crippen molar-refractivity contribution in [2.24, 2.45) is 0 Å². The molecule has 0 radical (unpaired) electrons. The maximum atomic E-state index is 14.3. The molecule has 1 heterocycles. The Morgan fingerprint density at radius 2 is 1.01 bits per heavy atom. The fourth-order valence-corrected chi connectivity index (χ4v) is 7.49. The number of Topliss-reactive ketones (excluding diaryl/α,β-unsaturated/α-hetero) is 1. The fourth-order valence-electron chi connectivity index (χ4n) is 6.21. The van der Waals surface area contributed by atoms with Crippen molar-refractivity contribution >= 4 is 106 Å². The van der Waals surface area contributed by atoms with Crippen molar-refractivity contribution in [2.45, 2.75) is 184 Å². The molecule has 0 saturated heterocycles. The lowest BCUT2D eigenvalue weighted by atomic mass is 10.0. The zero-order valence-corrected chi connectivity index (χ0v) is 50.8. The van der Waals surface area contributed by atoms with Crippen LogP contribution in [0.15, 0.2) is 49.8 Å². The van der Waals surface area contributed by atoms with Gasteiger partial charge >= 0.3 is 24.2 Å². The highest BCUT2D eigenvalue weighted by Gasteiger charge is 2.26. The Morgan fingerprint density at radius 1 is 0.613 bits per heavy atom. The first-order valence-corrected chi connectivity index (χ1v) is 26.3. The Hall–Kier alpha value is -5.29. The van der Waals surface area contributed by atoms with E-state index < -0.39 is 76.6 Å². The molecule has 0 saturated carbocycles. The Balaban J connectivity index is 0.000000523. The normalized spacial score (nSPS) is 12.6. The zero-order valence-electron chi connectivity index (χ0n) is 46.1. The number of carboxylic acids is 1. The Kier molecular flexibility index (Phi) is 26.4. The summed E-state index contributed by atoms with van der Waals surface area (Å²) in [5, 5.41) is 22.1. The molecule has 0 aliphatic carbocycles. The largest absolute Gasteiger partial charge is 0.480 e. The SMILES string of the molecule is CC(C)Nc1cc(Br)cc(F)c1CC(=O)C(C)NC(=O)OC(C)(C)C.CC(C)Nc1cc(Br)cc(F)c1N.CC(NC(=O)OC(C)(C)C)C(=O)O.CC(NC(=O)OC(C)(C)C)c1nc2c(F)cc(Br)cc2n1C(C)C. The molecular formula is C52H76Br3F3N8O9. The minimum atomic E-state index is -1.09. The molecule has 75 heavy (non-hydrogen) atoms. The number of nitrogens with zero attached hydrogens (tertiary/aromatic N) is 2. The van der Waals surface area contributed by atoms with E-state index in [0.717, 1.165) is 0 Å². The number of fused-ring (bicyclic) bond motifs is 1. The molecule has 4 rings (SSSR count). The average Bonchev–Trinajstić information content (AvgIpc) is 3.59. The van der Waals surface area contributed by atoms with E-state index >= 15 is 0 Å². The van der Waals surface area contributed by atoms with Crippen LogP contribution in [0.5, 0.6) is 0 Å². The molecular weight excluding hydrogens is 1180 g/mol. The van der Waals surface area contributed by atoms with Crippen LogP contribution < -0.4 is 32.3 Å². The van der Waals surface area contributed by atoms with E-state index in [2.05, 4.69) is 79.4 Å². The number of amides is 3. The summed E-state index contributed by atoms with van der Waals surface area (Å²) in [7, 11) is 0. The fraction of sp³-hybridized carbons (Fsp3) is 0.538. The molecule has 3 amide bonds. The van der Waals surface area contributed by atoms with E-state index in [-0.39, 0.29) is 41.6 Å². The van der Waals surface area contributed by atoms with Crippen molar-refractivity contribution in [3.05, 3.63) is 78.7 Å². The molecule has 0 fully saturated rings. The summed E-state index contributed by atoms with van der Waals surface area (Å²) in [4.78, 5) is 61.9. The topological polar surface area (TPSA) is 237 Å². The molecule has 0 spiro atoms. The van der Waals surface area contributed by atoms with Gasteiger partial charge in [-0.25, -0.2) is 32.5 Å². The number of ether oxygens (including phenoxy) is 3. The van der Waals surface area contributed by atoms with Gasteiger partial charge < -0.3 is 56.2 Å². The number of halogens is 6. The minimum absolute atomic E-state index is 0.0570. The molecule has 0 aliphatic heterocycles.